The van der Waals surface area contributed by atoms with Gasteiger partial charge in [0.1, 0.15) is 0 Å². The highest BCUT2D eigenvalue weighted by atomic mass is 35.5. The molecule has 0 fully saturated rings. The van der Waals surface area contributed by atoms with Gasteiger partial charge in [-0.15, -0.1) is 0 Å². The molecule has 1 aromatic heterocycles. The number of nitrogens with two attached hydrogens (primary N) is 1. The van der Waals surface area contributed by atoms with Crippen LogP contribution in [0.1, 0.15) is 12.5 Å². The molecule has 0 spiro atoms. The summed E-state index contributed by atoms with van der Waals surface area (Å²) in [6.45, 7) is 3.34. The summed E-state index contributed by atoms with van der Waals surface area (Å²) in [6.07, 6.45) is 2.62. The predicted octanol–water partition coefficient (Wildman–Crippen LogP) is 2.95. The van der Waals surface area contributed by atoms with Crippen molar-refractivity contribution >= 4 is 22.5 Å². The molecular weight excluding hydrogens is 227 g/mol. The number of rotatable bonds is 3. The first-order valence-electron chi connectivity index (χ1n) is 5.34. The van der Waals surface area contributed by atoms with E-state index in [1.165, 1.54) is 0 Å². The second kappa shape index (κ2) is 4.44. The van der Waals surface area contributed by atoms with Crippen molar-refractivity contribution in [2.24, 2.45) is 5.73 Å². The Labute approximate surface area is 98.8 Å². The van der Waals surface area contributed by atoms with Crippen LogP contribution in [0, 0.1) is 5.82 Å². The number of benzene rings is 1. The van der Waals surface area contributed by atoms with Crippen LogP contribution in [0.3, 0.4) is 0 Å². The summed E-state index contributed by atoms with van der Waals surface area (Å²) in [7, 11) is 0. The Hall–Kier alpha value is -1.06. The van der Waals surface area contributed by atoms with E-state index in [4.69, 9.17) is 17.3 Å². The Bertz CT molecular complexity index is 519. The fourth-order valence-electron chi connectivity index (χ4n) is 2.01. The first kappa shape index (κ1) is 11.4. The molecule has 0 unspecified atom stereocenters. The third kappa shape index (κ3) is 1.70. The van der Waals surface area contributed by atoms with E-state index < -0.39 is 0 Å². The molecule has 0 atom stereocenters. The molecule has 0 saturated carbocycles. The van der Waals surface area contributed by atoms with Gasteiger partial charge < -0.3 is 10.3 Å². The minimum Gasteiger partial charge on any atom is -0.347 e. The molecule has 1 heterocycles. The predicted molar refractivity (Wildman–Crippen MR) is 65.3 cm³/mol. The van der Waals surface area contributed by atoms with Crippen LogP contribution < -0.4 is 5.73 Å². The SMILES string of the molecule is CCn1cc(CCN)c2c(F)c(Cl)ccc21. The van der Waals surface area contributed by atoms with Crippen LogP contribution >= 0.6 is 11.6 Å². The van der Waals surface area contributed by atoms with Crippen LogP contribution in [-0.2, 0) is 13.0 Å². The summed E-state index contributed by atoms with van der Waals surface area (Å²) in [5.41, 5.74) is 7.34. The highest BCUT2D eigenvalue weighted by Gasteiger charge is 2.13. The maximum absolute atomic E-state index is 13.9. The van der Waals surface area contributed by atoms with E-state index in [0.29, 0.717) is 18.4 Å². The molecule has 2 rings (SSSR count). The zero-order valence-corrected chi connectivity index (χ0v) is 9.89. The van der Waals surface area contributed by atoms with Crippen LogP contribution in [0.25, 0.3) is 10.9 Å². The number of nitrogens with zero attached hydrogens (tertiary/aromatic N) is 1. The molecule has 0 aliphatic carbocycles. The van der Waals surface area contributed by atoms with Gasteiger partial charge in [-0.2, -0.15) is 0 Å². The third-order valence-electron chi connectivity index (χ3n) is 2.77. The molecule has 16 heavy (non-hydrogen) atoms. The van der Waals surface area contributed by atoms with Crippen molar-refractivity contribution in [1.29, 1.82) is 0 Å². The van der Waals surface area contributed by atoms with Gasteiger partial charge in [0.15, 0.2) is 5.82 Å². The molecule has 1 aromatic carbocycles. The average Bonchev–Trinajstić information content (AvgIpc) is 2.63. The van der Waals surface area contributed by atoms with Gasteiger partial charge in [-0.05, 0) is 37.6 Å². The quantitative estimate of drug-likeness (QED) is 0.879. The van der Waals surface area contributed by atoms with Crippen molar-refractivity contribution in [3.05, 3.63) is 34.7 Å². The van der Waals surface area contributed by atoms with Crippen LogP contribution in [0.4, 0.5) is 4.39 Å². The highest BCUT2D eigenvalue weighted by Crippen LogP contribution is 2.29. The Morgan fingerprint density at radius 2 is 2.19 bits per heavy atom. The van der Waals surface area contributed by atoms with Crippen molar-refractivity contribution < 1.29 is 4.39 Å². The number of aromatic nitrogens is 1. The molecule has 0 saturated heterocycles. The maximum atomic E-state index is 13.9. The van der Waals surface area contributed by atoms with Gasteiger partial charge in [-0.25, -0.2) is 4.39 Å². The van der Waals surface area contributed by atoms with E-state index in [0.717, 1.165) is 17.6 Å². The number of hydrogen-bond acceptors (Lipinski definition) is 1. The largest absolute Gasteiger partial charge is 0.347 e. The zero-order valence-electron chi connectivity index (χ0n) is 9.13. The van der Waals surface area contributed by atoms with Crippen molar-refractivity contribution in [2.75, 3.05) is 6.54 Å². The zero-order chi connectivity index (χ0) is 11.7. The number of fused-ring (bicyclic) bond motifs is 1. The van der Waals surface area contributed by atoms with Crippen LogP contribution in [0.15, 0.2) is 18.3 Å². The fraction of sp³-hybridized carbons (Fsp3) is 0.333. The van der Waals surface area contributed by atoms with Crippen molar-refractivity contribution in [1.82, 2.24) is 4.57 Å². The minimum atomic E-state index is -0.338. The fourth-order valence-corrected chi connectivity index (χ4v) is 2.17. The summed E-state index contributed by atoms with van der Waals surface area (Å²) < 4.78 is 16.0. The number of hydrogen-bond donors (Lipinski definition) is 1. The Balaban J connectivity index is 2.75. The molecule has 4 heteroatoms. The molecule has 2 nitrogen and oxygen atoms in total. The van der Waals surface area contributed by atoms with E-state index in [2.05, 4.69) is 0 Å². The first-order chi connectivity index (χ1) is 7.69. The molecule has 86 valence electrons. The van der Waals surface area contributed by atoms with E-state index in [9.17, 15) is 4.39 Å². The van der Waals surface area contributed by atoms with Gasteiger partial charge in [0, 0.05) is 18.1 Å². The van der Waals surface area contributed by atoms with Crippen LogP contribution in [0.5, 0.6) is 0 Å². The molecule has 2 N–H and O–H groups in total. The Morgan fingerprint density at radius 3 is 2.81 bits per heavy atom. The minimum absolute atomic E-state index is 0.166. The lowest BCUT2D eigenvalue weighted by atomic mass is 10.1. The molecule has 0 bridgehead atoms. The number of halogens is 2. The van der Waals surface area contributed by atoms with E-state index >= 15 is 0 Å². The van der Waals surface area contributed by atoms with Gasteiger partial charge in [0.25, 0.3) is 0 Å². The first-order valence-corrected chi connectivity index (χ1v) is 5.72. The van der Waals surface area contributed by atoms with E-state index in [1.54, 1.807) is 6.07 Å². The third-order valence-corrected chi connectivity index (χ3v) is 3.06. The van der Waals surface area contributed by atoms with E-state index in [-0.39, 0.29) is 10.8 Å². The van der Waals surface area contributed by atoms with Crippen LogP contribution in [0.2, 0.25) is 5.02 Å². The standard InChI is InChI=1S/C12H14ClFN2/c1-2-16-7-8(5-6-15)11-10(16)4-3-9(13)12(11)14/h3-4,7H,2,5-6,15H2,1H3. The molecule has 0 radical (unpaired) electrons. The van der Waals surface area contributed by atoms with Gasteiger partial charge in [0.2, 0.25) is 0 Å². The van der Waals surface area contributed by atoms with Gasteiger partial charge in [0.05, 0.1) is 10.5 Å². The van der Waals surface area contributed by atoms with E-state index in [1.807, 2.05) is 23.8 Å². The summed E-state index contributed by atoms with van der Waals surface area (Å²) >= 11 is 5.80. The van der Waals surface area contributed by atoms with Crippen molar-refractivity contribution in [3.63, 3.8) is 0 Å². The monoisotopic (exact) mass is 240 g/mol. The second-order valence-corrected chi connectivity index (χ2v) is 4.14. The van der Waals surface area contributed by atoms with Crippen molar-refractivity contribution in [2.45, 2.75) is 19.9 Å². The lowest BCUT2D eigenvalue weighted by Gasteiger charge is -2.01. The van der Waals surface area contributed by atoms with Gasteiger partial charge in [-0.3, -0.25) is 0 Å². The summed E-state index contributed by atoms with van der Waals surface area (Å²) in [4.78, 5) is 0. The maximum Gasteiger partial charge on any atom is 0.151 e. The lowest BCUT2D eigenvalue weighted by Crippen LogP contribution is -2.02. The molecule has 0 aliphatic heterocycles. The van der Waals surface area contributed by atoms with Gasteiger partial charge >= 0.3 is 0 Å². The van der Waals surface area contributed by atoms with Crippen molar-refractivity contribution in [3.8, 4) is 0 Å². The summed E-state index contributed by atoms with van der Waals surface area (Å²) in [5, 5.41) is 0.777. The summed E-state index contributed by atoms with van der Waals surface area (Å²) in [6, 6.07) is 3.45. The smallest absolute Gasteiger partial charge is 0.151 e. The lowest BCUT2D eigenvalue weighted by molar-refractivity contribution is 0.639. The molecule has 0 amide bonds. The topological polar surface area (TPSA) is 30.9 Å². The normalized spacial score (nSPS) is 11.2. The molecule has 2 aromatic rings. The Morgan fingerprint density at radius 1 is 1.44 bits per heavy atom. The molecular formula is C12H14ClFN2. The summed E-state index contributed by atoms with van der Waals surface area (Å²) in [5.74, 6) is -0.338. The van der Waals surface area contributed by atoms with Crippen LogP contribution in [-0.4, -0.2) is 11.1 Å². The Kier molecular flexibility index (Phi) is 3.17. The average molecular weight is 241 g/mol. The highest BCUT2D eigenvalue weighted by molar-refractivity contribution is 6.31. The number of aryl methyl sites for hydroxylation is 1. The van der Waals surface area contributed by atoms with Gasteiger partial charge in [-0.1, -0.05) is 11.6 Å². The molecule has 0 aliphatic rings. The second-order valence-electron chi connectivity index (χ2n) is 3.73.